The Balaban J connectivity index is 1.73. The van der Waals surface area contributed by atoms with Gasteiger partial charge in [0.25, 0.3) is 0 Å². The Morgan fingerprint density at radius 2 is 1.71 bits per heavy atom. The van der Waals surface area contributed by atoms with Gasteiger partial charge in [-0.2, -0.15) is 0 Å². The van der Waals surface area contributed by atoms with Crippen LogP contribution in [0, 0.1) is 0 Å². The third-order valence-corrected chi connectivity index (χ3v) is 5.04. The summed E-state index contributed by atoms with van der Waals surface area (Å²) in [4.78, 5) is 4.51. The van der Waals surface area contributed by atoms with Crippen LogP contribution in [0.15, 0.2) is 47.5 Å². The summed E-state index contributed by atoms with van der Waals surface area (Å²) in [5, 5.41) is 5.81. The quantitative estimate of drug-likeness (QED) is 0.723. The molecule has 0 saturated carbocycles. The Bertz CT molecular complexity index is 666. The summed E-state index contributed by atoms with van der Waals surface area (Å²) in [5.74, 6) is 0. The molecule has 1 N–H and O–H groups in total. The van der Waals surface area contributed by atoms with Crippen molar-refractivity contribution in [3.63, 3.8) is 0 Å². The summed E-state index contributed by atoms with van der Waals surface area (Å²) in [6.45, 7) is 0.736. The Morgan fingerprint density at radius 3 is 2.38 bits per heavy atom. The van der Waals surface area contributed by atoms with Crippen molar-refractivity contribution in [1.82, 2.24) is 0 Å². The molecule has 6 heteroatoms. The van der Waals surface area contributed by atoms with E-state index in [1.165, 1.54) is 5.56 Å². The van der Waals surface area contributed by atoms with Gasteiger partial charge in [0.1, 0.15) is 0 Å². The minimum atomic E-state index is 0.318. The first kappa shape index (κ1) is 15.0. The van der Waals surface area contributed by atoms with E-state index in [0.717, 1.165) is 11.7 Å². The zero-order chi connectivity index (χ0) is 14.8. The lowest BCUT2D eigenvalue weighted by atomic mass is 10.1. The molecule has 0 aromatic heterocycles. The van der Waals surface area contributed by atoms with Gasteiger partial charge in [-0.05, 0) is 17.7 Å². The molecule has 0 radical (unpaired) electrons. The second-order valence-electron chi connectivity index (χ2n) is 4.53. The number of nitrogens with zero attached hydrogens (tertiary/aromatic N) is 1. The number of benzene rings is 2. The molecule has 1 unspecified atom stereocenters. The summed E-state index contributed by atoms with van der Waals surface area (Å²) in [7, 11) is 0. The molecule has 2 aromatic rings. The Kier molecular flexibility index (Phi) is 4.65. The number of rotatable bonds is 2. The van der Waals surface area contributed by atoms with Crippen molar-refractivity contribution in [3.8, 4) is 0 Å². The van der Waals surface area contributed by atoms with Crippen molar-refractivity contribution in [1.29, 1.82) is 0 Å². The highest BCUT2D eigenvalue weighted by atomic mass is 35.5. The van der Waals surface area contributed by atoms with Gasteiger partial charge < -0.3 is 5.32 Å². The zero-order valence-corrected chi connectivity index (χ0v) is 13.9. The van der Waals surface area contributed by atoms with E-state index in [1.54, 1.807) is 23.9 Å². The van der Waals surface area contributed by atoms with Gasteiger partial charge in [0.2, 0.25) is 0 Å². The maximum Gasteiger partial charge on any atom is 0.161 e. The van der Waals surface area contributed by atoms with Crippen LogP contribution in [0.4, 0.5) is 5.69 Å². The maximum absolute atomic E-state index is 6.17. The van der Waals surface area contributed by atoms with Crippen LogP contribution in [0.1, 0.15) is 10.8 Å². The van der Waals surface area contributed by atoms with Crippen molar-refractivity contribution in [2.75, 3.05) is 11.9 Å². The summed E-state index contributed by atoms with van der Waals surface area (Å²) in [6.07, 6.45) is 0. The molecule has 0 fully saturated rings. The number of halogens is 3. The average Bonchev–Trinajstić information content (AvgIpc) is 2.92. The molecule has 1 atom stereocenters. The van der Waals surface area contributed by atoms with Crippen molar-refractivity contribution in [3.05, 3.63) is 63.1 Å². The predicted molar refractivity (Wildman–Crippen MR) is 94.2 cm³/mol. The summed E-state index contributed by atoms with van der Waals surface area (Å²) in [6, 6.07) is 13.6. The van der Waals surface area contributed by atoms with E-state index in [0.29, 0.717) is 26.0 Å². The lowest BCUT2D eigenvalue weighted by Crippen LogP contribution is -2.06. The first-order chi connectivity index (χ1) is 10.1. The number of anilines is 1. The Hall–Kier alpha value is -0.870. The first-order valence-corrected chi connectivity index (χ1v) is 8.32. The lowest BCUT2D eigenvalue weighted by molar-refractivity contribution is 0.966. The predicted octanol–water partition coefficient (Wildman–Crippen LogP) is 5.90. The number of thioether (sulfide) groups is 1. The van der Waals surface area contributed by atoms with Gasteiger partial charge in [0, 0.05) is 5.02 Å². The van der Waals surface area contributed by atoms with Crippen LogP contribution in [0.3, 0.4) is 0 Å². The van der Waals surface area contributed by atoms with E-state index < -0.39 is 0 Å². The molecule has 0 aliphatic carbocycles. The first-order valence-electron chi connectivity index (χ1n) is 6.31. The number of hydrogen-bond acceptors (Lipinski definition) is 3. The van der Waals surface area contributed by atoms with Crippen LogP contribution in [0.25, 0.3) is 0 Å². The standard InChI is InChI=1S/C15H11Cl3N2S/c16-10-6-11(17)14(12(18)7-10)20-15-19-8-13(21-15)9-4-2-1-3-5-9/h1-7,13H,8H2,(H,19,20). The lowest BCUT2D eigenvalue weighted by Gasteiger charge is -2.12. The van der Waals surface area contributed by atoms with E-state index in [2.05, 4.69) is 22.4 Å². The maximum atomic E-state index is 6.17. The highest BCUT2D eigenvalue weighted by Gasteiger charge is 2.22. The normalized spacial score (nSPS) is 17.7. The van der Waals surface area contributed by atoms with E-state index in [1.807, 2.05) is 18.2 Å². The Labute approximate surface area is 142 Å². The summed E-state index contributed by atoms with van der Waals surface area (Å²) in [5.41, 5.74) is 1.90. The van der Waals surface area contributed by atoms with Gasteiger partial charge in [-0.25, -0.2) is 0 Å². The second kappa shape index (κ2) is 6.49. The van der Waals surface area contributed by atoms with Gasteiger partial charge in [-0.3, -0.25) is 4.99 Å². The minimum Gasteiger partial charge on any atom is -0.333 e. The van der Waals surface area contributed by atoms with Crippen molar-refractivity contribution in [2.45, 2.75) is 5.25 Å². The largest absolute Gasteiger partial charge is 0.333 e. The van der Waals surface area contributed by atoms with Crippen molar-refractivity contribution in [2.24, 2.45) is 4.99 Å². The summed E-state index contributed by atoms with van der Waals surface area (Å²) >= 11 is 19.9. The molecule has 1 aliphatic heterocycles. The third kappa shape index (κ3) is 3.49. The molecule has 2 aromatic carbocycles. The molecule has 21 heavy (non-hydrogen) atoms. The van der Waals surface area contributed by atoms with Crippen molar-refractivity contribution < 1.29 is 0 Å². The fourth-order valence-corrected chi connectivity index (χ4v) is 3.99. The molecular formula is C15H11Cl3N2S. The van der Waals surface area contributed by atoms with Crippen LogP contribution in [0.2, 0.25) is 15.1 Å². The summed E-state index contributed by atoms with van der Waals surface area (Å²) < 4.78 is 0. The number of aliphatic imine (C=N–C) groups is 1. The molecule has 0 saturated heterocycles. The van der Waals surface area contributed by atoms with Crippen LogP contribution >= 0.6 is 46.6 Å². The molecule has 1 heterocycles. The van der Waals surface area contributed by atoms with Gasteiger partial charge >= 0.3 is 0 Å². The monoisotopic (exact) mass is 356 g/mol. The molecule has 2 nitrogen and oxygen atoms in total. The average molecular weight is 358 g/mol. The second-order valence-corrected chi connectivity index (χ2v) is 6.97. The van der Waals surface area contributed by atoms with E-state index in [-0.39, 0.29) is 0 Å². The number of nitrogens with one attached hydrogen (secondary N) is 1. The molecule has 0 spiro atoms. The molecule has 0 amide bonds. The SMILES string of the molecule is Clc1cc(Cl)c(NC2=NCC(c3ccccc3)S2)c(Cl)c1. The highest BCUT2D eigenvalue weighted by molar-refractivity contribution is 8.14. The van der Waals surface area contributed by atoms with Crippen molar-refractivity contribution >= 4 is 57.4 Å². The molecule has 0 bridgehead atoms. The molecule has 1 aliphatic rings. The van der Waals surface area contributed by atoms with Gasteiger partial charge in [0.05, 0.1) is 27.5 Å². The fraction of sp³-hybridized carbons (Fsp3) is 0.133. The van der Waals surface area contributed by atoms with E-state index in [9.17, 15) is 0 Å². The fourth-order valence-electron chi connectivity index (χ4n) is 2.05. The van der Waals surface area contributed by atoms with Crippen LogP contribution in [0.5, 0.6) is 0 Å². The third-order valence-electron chi connectivity index (χ3n) is 3.06. The van der Waals surface area contributed by atoms with Crippen LogP contribution in [-0.2, 0) is 0 Å². The molecular weight excluding hydrogens is 347 g/mol. The van der Waals surface area contributed by atoms with Gasteiger partial charge in [-0.1, -0.05) is 76.9 Å². The van der Waals surface area contributed by atoms with E-state index in [4.69, 9.17) is 34.8 Å². The molecule has 108 valence electrons. The van der Waals surface area contributed by atoms with Gasteiger partial charge in [-0.15, -0.1) is 0 Å². The molecule has 3 rings (SSSR count). The van der Waals surface area contributed by atoms with Gasteiger partial charge in [0.15, 0.2) is 5.17 Å². The van der Waals surface area contributed by atoms with Crippen LogP contribution < -0.4 is 5.32 Å². The smallest absolute Gasteiger partial charge is 0.161 e. The topological polar surface area (TPSA) is 24.4 Å². The minimum absolute atomic E-state index is 0.318. The number of amidine groups is 1. The van der Waals surface area contributed by atoms with E-state index >= 15 is 0 Å². The Morgan fingerprint density at radius 1 is 1.05 bits per heavy atom. The van der Waals surface area contributed by atoms with Crippen LogP contribution in [-0.4, -0.2) is 11.7 Å². The number of hydrogen-bond donors (Lipinski definition) is 1. The highest BCUT2D eigenvalue weighted by Crippen LogP contribution is 2.39. The zero-order valence-electron chi connectivity index (χ0n) is 10.8.